The van der Waals surface area contributed by atoms with Gasteiger partial charge in [-0.2, -0.15) is 0 Å². The van der Waals surface area contributed by atoms with Crippen LogP contribution in [-0.4, -0.2) is 60.3 Å². The molecule has 47 heavy (non-hydrogen) atoms. The topological polar surface area (TPSA) is 66.4 Å². The van der Waals surface area contributed by atoms with E-state index in [-0.39, 0.29) is 6.61 Å². The molecule has 6 nitrogen and oxygen atoms in total. The largest absolute Gasteiger partial charge is 0.391 e. The van der Waals surface area contributed by atoms with E-state index in [0.29, 0.717) is 33.0 Å². The summed E-state index contributed by atoms with van der Waals surface area (Å²) in [4.78, 5) is 1.93. The molecule has 5 atom stereocenters. The number of hydrogen-bond acceptors (Lipinski definition) is 8. The van der Waals surface area contributed by atoms with Crippen molar-refractivity contribution in [1.29, 1.82) is 0 Å². The number of aliphatic hydroxyl groups excluding tert-OH is 1. The molecule has 2 aliphatic heterocycles. The number of aliphatic hydroxyl groups is 1. The number of thioether (sulfide) groups is 2. The molecule has 0 bridgehead atoms. The molecule has 0 unspecified atom stereocenters. The number of hydrogen-bond donors (Lipinski definition) is 1. The minimum absolute atomic E-state index is 0.0447. The van der Waals surface area contributed by atoms with E-state index in [1.165, 1.54) is 0 Å². The van der Waals surface area contributed by atoms with Crippen molar-refractivity contribution in [2.75, 3.05) is 24.7 Å². The first-order valence-electron chi connectivity index (χ1n) is 16.1. The second-order valence-electron chi connectivity index (χ2n) is 11.5. The van der Waals surface area contributed by atoms with Crippen molar-refractivity contribution in [1.82, 2.24) is 0 Å². The lowest BCUT2D eigenvalue weighted by Crippen LogP contribution is -2.61. The van der Waals surface area contributed by atoms with Crippen LogP contribution in [0.4, 0.5) is 0 Å². The molecular weight excluding hydrogens is 629 g/mol. The first-order chi connectivity index (χ1) is 23.3. The van der Waals surface area contributed by atoms with Gasteiger partial charge in [-0.1, -0.05) is 121 Å². The van der Waals surface area contributed by atoms with E-state index in [2.05, 4.69) is 48.5 Å². The SMILES string of the molecule is OCC1=C([C@@H]2O[C@H](COCc3ccccc3)[C@H](OCc3ccccc3)[C@H](OCc3ccccc3)[C@H]2OCc2ccccc2)SCCS1. The molecule has 246 valence electrons. The smallest absolute Gasteiger partial charge is 0.119 e. The minimum Gasteiger partial charge on any atom is -0.391 e. The predicted octanol–water partition coefficient (Wildman–Crippen LogP) is 7.41. The second-order valence-corrected chi connectivity index (χ2v) is 13.8. The van der Waals surface area contributed by atoms with Crippen molar-refractivity contribution in [3.8, 4) is 0 Å². The van der Waals surface area contributed by atoms with Crippen molar-refractivity contribution < 1.29 is 28.8 Å². The zero-order valence-electron chi connectivity index (χ0n) is 26.4. The van der Waals surface area contributed by atoms with Gasteiger partial charge in [0.25, 0.3) is 0 Å². The Hall–Kier alpha value is -2.92. The van der Waals surface area contributed by atoms with E-state index in [0.717, 1.165) is 43.6 Å². The molecule has 2 aliphatic rings. The molecule has 4 aromatic carbocycles. The summed E-state index contributed by atoms with van der Waals surface area (Å²) in [7, 11) is 0. The van der Waals surface area contributed by atoms with Crippen LogP contribution in [0.2, 0.25) is 0 Å². The fourth-order valence-electron chi connectivity index (χ4n) is 5.83. The third kappa shape index (κ3) is 9.59. The molecule has 0 aliphatic carbocycles. The quantitative estimate of drug-likeness (QED) is 0.140. The molecule has 4 aromatic rings. The summed E-state index contributed by atoms with van der Waals surface area (Å²) >= 11 is 3.42. The van der Waals surface area contributed by atoms with Gasteiger partial charge in [-0.25, -0.2) is 0 Å². The third-order valence-corrected chi connectivity index (χ3v) is 10.9. The minimum atomic E-state index is -0.507. The number of ether oxygens (including phenoxy) is 5. The molecule has 6 rings (SSSR count). The van der Waals surface area contributed by atoms with Crippen LogP contribution in [0.25, 0.3) is 0 Å². The monoisotopic (exact) mass is 670 g/mol. The average Bonchev–Trinajstić information content (AvgIpc) is 3.14. The summed E-state index contributed by atoms with van der Waals surface area (Å²) in [5.74, 6) is 1.86. The maximum Gasteiger partial charge on any atom is 0.119 e. The number of benzene rings is 4. The van der Waals surface area contributed by atoms with Crippen molar-refractivity contribution in [2.24, 2.45) is 0 Å². The Bertz CT molecular complexity index is 1510. The van der Waals surface area contributed by atoms with Gasteiger partial charge in [-0.3, -0.25) is 0 Å². The van der Waals surface area contributed by atoms with Crippen molar-refractivity contribution in [3.63, 3.8) is 0 Å². The molecule has 0 amide bonds. The predicted molar refractivity (Wildman–Crippen MR) is 189 cm³/mol. The Balaban J connectivity index is 1.35. The zero-order valence-corrected chi connectivity index (χ0v) is 28.0. The van der Waals surface area contributed by atoms with Crippen molar-refractivity contribution >= 4 is 23.5 Å². The Morgan fingerprint density at radius 2 is 1.00 bits per heavy atom. The molecule has 1 saturated heterocycles. The Labute approximate surface area is 286 Å². The highest BCUT2D eigenvalue weighted by molar-refractivity contribution is 8.10. The lowest BCUT2D eigenvalue weighted by molar-refractivity contribution is -0.264. The second kappa shape index (κ2) is 18.0. The van der Waals surface area contributed by atoms with Gasteiger partial charge in [0.1, 0.15) is 30.5 Å². The van der Waals surface area contributed by atoms with Crippen LogP contribution in [0.1, 0.15) is 22.3 Å². The Morgan fingerprint density at radius 1 is 0.553 bits per heavy atom. The summed E-state index contributed by atoms with van der Waals surface area (Å²) in [5.41, 5.74) is 4.28. The van der Waals surface area contributed by atoms with Crippen LogP contribution >= 0.6 is 23.5 Å². The molecule has 0 aromatic heterocycles. The molecule has 2 heterocycles. The van der Waals surface area contributed by atoms with E-state index < -0.39 is 30.5 Å². The first kappa shape index (κ1) is 34.0. The summed E-state index contributed by atoms with van der Waals surface area (Å²) < 4.78 is 33.8. The van der Waals surface area contributed by atoms with Gasteiger partial charge in [0, 0.05) is 21.3 Å². The van der Waals surface area contributed by atoms with Gasteiger partial charge in [0.05, 0.1) is 39.6 Å². The molecular formula is C39H42O6S2. The number of rotatable bonds is 15. The van der Waals surface area contributed by atoms with Gasteiger partial charge < -0.3 is 28.8 Å². The van der Waals surface area contributed by atoms with Crippen LogP contribution in [0, 0.1) is 0 Å². The highest BCUT2D eigenvalue weighted by Gasteiger charge is 2.50. The van der Waals surface area contributed by atoms with Crippen LogP contribution in [-0.2, 0) is 50.1 Å². The van der Waals surface area contributed by atoms with Crippen molar-refractivity contribution in [2.45, 2.75) is 56.9 Å². The lowest BCUT2D eigenvalue weighted by atomic mass is 9.93. The van der Waals surface area contributed by atoms with E-state index in [1.54, 1.807) is 23.5 Å². The summed E-state index contributed by atoms with van der Waals surface area (Å²) in [5, 5.41) is 10.4. The highest BCUT2D eigenvalue weighted by Crippen LogP contribution is 2.43. The summed E-state index contributed by atoms with van der Waals surface area (Å²) in [6.07, 6.45) is -2.42. The Kier molecular flexibility index (Phi) is 13.0. The lowest BCUT2D eigenvalue weighted by Gasteiger charge is -2.47. The van der Waals surface area contributed by atoms with Gasteiger partial charge in [-0.15, -0.1) is 23.5 Å². The van der Waals surface area contributed by atoms with Crippen LogP contribution < -0.4 is 0 Å². The maximum absolute atomic E-state index is 10.4. The van der Waals surface area contributed by atoms with E-state index in [1.807, 2.05) is 72.8 Å². The average molecular weight is 671 g/mol. The Morgan fingerprint density at radius 3 is 1.51 bits per heavy atom. The molecule has 1 fully saturated rings. The summed E-state index contributed by atoms with van der Waals surface area (Å²) in [6, 6.07) is 40.6. The van der Waals surface area contributed by atoms with E-state index in [4.69, 9.17) is 23.7 Å². The van der Waals surface area contributed by atoms with Gasteiger partial charge >= 0.3 is 0 Å². The van der Waals surface area contributed by atoms with Crippen LogP contribution in [0.15, 0.2) is 131 Å². The fourth-order valence-corrected chi connectivity index (χ4v) is 8.25. The first-order valence-corrected chi connectivity index (χ1v) is 18.1. The van der Waals surface area contributed by atoms with Gasteiger partial charge in [-0.05, 0) is 22.3 Å². The molecule has 0 spiro atoms. The van der Waals surface area contributed by atoms with E-state index in [9.17, 15) is 5.11 Å². The van der Waals surface area contributed by atoms with Crippen molar-refractivity contribution in [3.05, 3.63) is 153 Å². The zero-order chi connectivity index (χ0) is 32.1. The standard InChI is InChI=1S/C39H42O6S2/c40-23-34-39(47-22-21-46-34)38-37(44-27-32-19-11-4-12-20-32)36(43-26-31-17-9-3-10-18-31)35(42-25-30-15-7-2-8-16-30)33(45-38)28-41-24-29-13-5-1-6-14-29/h1-20,33,35-38,40H,21-28H2/t33-,35+,36+,37-,38-/m1/s1. The van der Waals surface area contributed by atoms with E-state index >= 15 is 0 Å². The molecule has 0 radical (unpaired) electrons. The molecule has 8 heteroatoms. The molecule has 1 N–H and O–H groups in total. The van der Waals surface area contributed by atoms with Gasteiger partial charge in [0.15, 0.2) is 0 Å². The summed E-state index contributed by atoms with van der Waals surface area (Å²) in [6.45, 7) is 1.88. The normalized spacial score (nSPS) is 23.1. The molecule has 0 saturated carbocycles. The maximum atomic E-state index is 10.4. The fraction of sp³-hybridized carbons (Fsp3) is 0.333. The van der Waals surface area contributed by atoms with Gasteiger partial charge in [0.2, 0.25) is 0 Å². The highest BCUT2D eigenvalue weighted by atomic mass is 32.2. The van der Waals surface area contributed by atoms with Crippen LogP contribution in [0.3, 0.4) is 0 Å². The third-order valence-electron chi connectivity index (χ3n) is 8.18. The van der Waals surface area contributed by atoms with Crippen LogP contribution in [0.5, 0.6) is 0 Å².